The third kappa shape index (κ3) is 2.97. The summed E-state index contributed by atoms with van der Waals surface area (Å²) < 4.78 is 5.33. The molecule has 0 saturated carbocycles. The van der Waals surface area contributed by atoms with E-state index < -0.39 is 0 Å². The van der Waals surface area contributed by atoms with E-state index in [2.05, 4.69) is 11.1 Å². The second-order valence-electron chi connectivity index (χ2n) is 5.20. The van der Waals surface area contributed by atoms with E-state index in [0.717, 1.165) is 24.6 Å². The SMILES string of the molecule is N#Cc1cc(Cl)cc2ccc(OC(=O)N3CCCCC3)nc12. The van der Waals surface area contributed by atoms with Crippen molar-refractivity contribution in [1.82, 2.24) is 9.88 Å². The second kappa shape index (κ2) is 6.20. The first-order valence-electron chi connectivity index (χ1n) is 7.14. The number of nitriles is 1. The molecule has 1 aliphatic heterocycles. The van der Waals surface area contributed by atoms with Crippen LogP contribution in [0.3, 0.4) is 0 Å². The number of benzene rings is 1. The normalized spacial score (nSPS) is 14.6. The molecule has 0 spiro atoms. The van der Waals surface area contributed by atoms with Crippen LogP contribution in [-0.2, 0) is 0 Å². The monoisotopic (exact) mass is 315 g/mol. The van der Waals surface area contributed by atoms with E-state index in [9.17, 15) is 10.1 Å². The molecule has 2 aromatic rings. The van der Waals surface area contributed by atoms with Gasteiger partial charge in [-0.3, -0.25) is 0 Å². The number of likely N-dealkylation sites (tertiary alicyclic amines) is 1. The topological polar surface area (TPSA) is 66.2 Å². The number of hydrogen-bond acceptors (Lipinski definition) is 4. The maximum absolute atomic E-state index is 12.1. The van der Waals surface area contributed by atoms with Crippen LogP contribution in [0.1, 0.15) is 24.8 Å². The first kappa shape index (κ1) is 14.6. The first-order chi connectivity index (χ1) is 10.7. The highest BCUT2D eigenvalue weighted by molar-refractivity contribution is 6.31. The number of rotatable bonds is 1. The minimum Gasteiger partial charge on any atom is -0.391 e. The fourth-order valence-corrected chi connectivity index (χ4v) is 2.78. The van der Waals surface area contributed by atoms with Gasteiger partial charge < -0.3 is 9.64 Å². The van der Waals surface area contributed by atoms with Crippen molar-refractivity contribution in [3.8, 4) is 11.9 Å². The van der Waals surface area contributed by atoms with E-state index in [1.165, 1.54) is 0 Å². The van der Waals surface area contributed by atoms with Crippen molar-refractivity contribution in [3.05, 3.63) is 34.9 Å². The molecule has 0 radical (unpaired) electrons. The van der Waals surface area contributed by atoms with Crippen LogP contribution in [0.25, 0.3) is 10.9 Å². The number of pyridine rings is 1. The van der Waals surface area contributed by atoms with Crippen LogP contribution >= 0.6 is 11.6 Å². The van der Waals surface area contributed by atoms with Gasteiger partial charge in [0.2, 0.25) is 5.88 Å². The zero-order valence-electron chi connectivity index (χ0n) is 11.9. The summed E-state index contributed by atoms with van der Waals surface area (Å²) in [7, 11) is 0. The summed E-state index contributed by atoms with van der Waals surface area (Å²) in [5, 5.41) is 10.4. The third-order valence-corrected chi connectivity index (χ3v) is 3.88. The molecule has 1 aromatic carbocycles. The van der Waals surface area contributed by atoms with E-state index in [0.29, 0.717) is 29.2 Å². The molecule has 0 unspecified atom stereocenters. The lowest BCUT2D eigenvalue weighted by Crippen LogP contribution is -2.37. The summed E-state index contributed by atoms with van der Waals surface area (Å²) in [6.07, 6.45) is 2.75. The highest BCUT2D eigenvalue weighted by atomic mass is 35.5. The molecule has 1 saturated heterocycles. The molecule has 6 heteroatoms. The van der Waals surface area contributed by atoms with Crippen LogP contribution in [0.5, 0.6) is 5.88 Å². The standard InChI is InChI=1S/C16H14ClN3O2/c17-13-8-11-4-5-14(19-15(11)12(9-13)10-18)22-16(21)20-6-2-1-3-7-20/h4-5,8-9H,1-3,6-7H2. The van der Waals surface area contributed by atoms with Gasteiger partial charge in [-0.1, -0.05) is 11.6 Å². The predicted octanol–water partition coefficient (Wildman–Crippen LogP) is 3.74. The summed E-state index contributed by atoms with van der Waals surface area (Å²) in [6, 6.07) is 8.69. The van der Waals surface area contributed by atoms with E-state index in [-0.39, 0.29) is 12.0 Å². The van der Waals surface area contributed by atoms with Crippen LogP contribution in [0.15, 0.2) is 24.3 Å². The van der Waals surface area contributed by atoms with Gasteiger partial charge in [-0.25, -0.2) is 9.78 Å². The molecular weight excluding hydrogens is 302 g/mol. The van der Waals surface area contributed by atoms with Crippen LogP contribution < -0.4 is 4.74 Å². The maximum Gasteiger partial charge on any atom is 0.416 e. The number of ether oxygens (including phenoxy) is 1. The van der Waals surface area contributed by atoms with Gasteiger partial charge in [0.05, 0.1) is 11.1 Å². The van der Waals surface area contributed by atoms with Crippen molar-refractivity contribution in [2.45, 2.75) is 19.3 Å². The number of piperidine rings is 1. The molecule has 5 nitrogen and oxygen atoms in total. The highest BCUT2D eigenvalue weighted by Gasteiger charge is 2.19. The van der Waals surface area contributed by atoms with Crippen LogP contribution in [-0.4, -0.2) is 29.1 Å². The number of hydrogen-bond donors (Lipinski definition) is 0. The van der Waals surface area contributed by atoms with E-state index in [4.69, 9.17) is 16.3 Å². The summed E-state index contributed by atoms with van der Waals surface area (Å²) in [5.74, 6) is 0.196. The Morgan fingerprint density at radius 3 is 2.77 bits per heavy atom. The average Bonchev–Trinajstić information content (AvgIpc) is 2.55. The number of halogens is 1. The van der Waals surface area contributed by atoms with E-state index in [1.54, 1.807) is 29.2 Å². The zero-order valence-corrected chi connectivity index (χ0v) is 12.6. The molecule has 3 rings (SSSR count). The van der Waals surface area contributed by atoms with E-state index in [1.807, 2.05) is 0 Å². The molecular formula is C16H14ClN3O2. The number of carbonyl (C=O) groups is 1. The van der Waals surface area contributed by atoms with Crippen molar-refractivity contribution in [3.63, 3.8) is 0 Å². The lowest BCUT2D eigenvalue weighted by atomic mass is 10.1. The lowest BCUT2D eigenvalue weighted by molar-refractivity contribution is 0.141. The Hall–Kier alpha value is -2.32. The van der Waals surface area contributed by atoms with Gasteiger partial charge >= 0.3 is 6.09 Å². The number of fused-ring (bicyclic) bond motifs is 1. The fourth-order valence-electron chi connectivity index (χ4n) is 2.55. The Morgan fingerprint density at radius 2 is 2.05 bits per heavy atom. The largest absolute Gasteiger partial charge is 0.416 e. The summed E-state index contributed by atoms with van der Waals surface area (Å²) >= 11 is 5.96. The van der Waals surface area contributed by atoms with Crippen molar-refractivity contribution in [1.29, 1.82) is 5.26 Å². The van der Waals surface area contributed by atoms with Crippen LogP contribution in [0.2, 0.25) is 5.02 Å². The summed E-state index contributed by atoms with van der Waals surface area (Å²) in [6.45, 7) is 1.43. The highest BCUT2D eigenvalue weighted by Crippen LogP contribution is 2.24. The molecule has 1 aromatic heterocycles. The van der Waals surface area contributed by atoms with Gasteiger partial charge in [-0.2, -0.15) is 5.26 Å². The first-order valence-corrected chi connectivity index (χ1v) is 7.52. The quantitative estimate of drug-likeness (QED) is 0.804. The Morgan fingerprint density at radius 1 is 1.27 bits per heavy atom. The van der Waals surface area contributed by atoms with Crippen molar-refractivity contribution < 1.29 is 9.53 Å². The molecule has 0 aliphatic carbocycles. The molecule has 1 aliphatic rings. The van der Waals surface area contributed by atoms with Crippen molar-refractivity contribution >= 4 is 28.6 Å². The van der Waals surface area contributed by atoms with Gasteiger partial charge in [0.15, 0.2) is 0 Å². The maximum atomic E-state index is 12.1. The van der Waals surface area contributed by atoms with Gasteiger partial charge in [0, 0.05) is 29.6 Å². The predicted molar refractivity (Wildman–Crippen MR) is 82.9 cm³/mol. The molecule has 0 atom stereocenters. The second-order valence-corrected chi connectivity index (χ2v) is 5.64. The molecule has 1 fully saturated rings. The van der Waals surface area contributed by atoms with Gasteiger partial charge in [-0.15, -0.1) is 0 Å². The molecule has 0 N–H and O–H groups in total. The summed E-state index contributed by atoms with van der Waals surface area (Å²) in [5.41, 5.74) is 0.842. The van der Waals surface area contributed by atoms with Crippen molar-refractivity contribution in [2.75, 3.05) is 13.1 Å². The molecule has 1 amide bonds. The lowest BCUT2D eigenvalue weighted by Gasteiger charge is -2.25. The summed E-state index contributed by atoms with van der Waals surface area (Å²) in [4.78, 5) is 18.0. The average molecular weight is 316 g/mol. The van der Waals surface area contributed by atoms with Gasteiger partial charge in [0.25, 0.3) is 0 Å². The number of carbonyl (C=O) groups excluding carboxylic acids is 1. The molecule has 22 heavy (non-hydrogen) atoms. The van der Waals surface area contributed by atoms with Crippen LogP contribution in [0, 0.1) is 11.3 Å². The smallest absolute Gasteiger partial charge is 0.391 e. The number of amides is 1. The zero-order chi connectivity index (χ0) is 15.5. The van der Waals surface area contributed by atoms with Gasteiger partial charge in [0.1, 0.15) is 6.07 Å². The number of nitrogens with zero attached hydrogens (tertiary/aromatic N) is 3. The Labute approximate surface area is 133 Å². The van der Waals surface area contributed by atoms with E-state index >= 15 is 0 Å². The Bertz CT molecular complexity index is 764. The molecule has 0 bridgehead atoms. The molecule has 112 valence electrons. The minimum atomic E-state index is -0.390. The van der Waals surface area contributed by atoms with Crippen LogP contribution in [0.4, 0.5) is 4.79 Å². The Balaban J connectivity index is 1.87. The fraction of sp³-hybridized carbons (Fsp3) is 0.312. The molecule has 2 heterocycles. The van der Waals surface area contributed by atoms with Gasteiger partial charge in [-0.05, 0) is 37.5 Å². The number of aromatic nitrogens is 1. The third-order valence-electron chi connectivity index (χ3n) is 3.66. The minimum absolute atomic E-state index is 0.196. The Kier molecular flexibility index (Phi) is 4.12. The van der Waals surface area contributed by atoms with Crippen molar-refractivity contribution in [2.24, 2.45) is 0 Å².